The highest BCUT2D eigenvalue weighted by atomic mass is 16.5. The first-order chi connectivity index (χ1) is 14.1. The molecular formula is C22H30N4O3. The van der Waals surface area contributed by atoms with Gasteiger partial charge in [0.2, 0.25) is 5.75 Å². The fourth-order valence-corrected chi connectivity index (χ4v) is 3.59. The van der Waals surface area contributed by atoms with Crippen LogP contribution in [-0.4, -0.2) is 51.5 Å². The molecule has 0 amide bonds. The van der Waals surface area contributed by atoms with Crippen LogP contribution < -0.4 is 25.0 Å². The van der Waals surface area contributed by atoms with E-state index in [0.717, 1.165) is 37.5 Å². The van der Waals surface area contributed by atoms with Crippen molar-refractivity contribution in [3.05, 3.63) is 48.0 Å². The maximum atomic E-state index is 10.1. The summed E-state index contributed by atoms with van der Waals surface area (Å²) in [6.07, 6.45) is 2.24. The third kappa shape index (κ3) is 5.25. The van der Waals surface area contributed by atoms with Crippen LogP contribution in [0.3, 0.4) is 0 Å². The molecule has 29 heavy (non-hydrogen) atoms. The highest BCUT2D eigenvalue weighted by molar-refractivity contribution is 5.80. The van der Waals surface area contributed by atoms with Gasteiger partial charge in [0.15, 0.2) is 17.5 Å². The highest BCUT2D eigenvalue weighted by Crippen LogP contribution is 2.37. The smallest absolute Gasteiger partial charge is 0.200 e. The summed E-state index contributed by atoms with van der Waals surface area (Å²) < 4.78 is 10.5. The molecule has 1 heterocycles. The van der Waals surface area contributed by atoms with E-state index in [1.54, 1.807) is 19.2 Å². The Kier molecular flexibility index (Phi) is 7.05. The lowest BCUT2D eigenvalue weighted by Crippen LogP contribution is -2.51. The zero-order chi connectivity index (χ0) is 20.6. The van der Waals surface area contributed by atoms with Gasteiger partial charge in [0, 0.05) is 38.4 Å². The number of aliphatic imine (C=N–C) groups is 1. The van der Waals surface area contributed by atoms with Crippen molar-refractivity contribution in [2.75, 3.05) is 39.3 Å². The fraction of sp³-hybridized carbons (Fsp3) is 0.409. The highest BCUT2D eigenvalue weighted by Gasteiger charge is 2.21. The number of benzene rings is 2. The van der Waals surface area contributed by atoms with Gasteiger partial charge in [-0.05, 0) is 42.7 Å². The van der Waals surface area contributed by atoms with Crippen LogP contribution in [-0.2, 0) is 6.54 Å². The van der Waals surface area contributed by atoms with Gasteiger partial charge in [0.25, 0.3) is 0 Å². The van der Waals surface area contributed by atoms with Crippen molar-refractivity contribution >= 4 is 11.6 Å². The second-order valence-electron chi connectivity index (χ2n) is 7.04. The normalized spacial score (nSPS) is 17.0. The molecule has 0 bridgehead atoms. The number of nitrogens with one attached hydrogen (secondary N) is 2. The van der Waals surface area contributed by atoms with Crippen LogP contribution in [0.2, 0.25) is 0 Å². The Morgan fingerprint density at radius 1 is 1.17 bits per heavy atom. The molecule has 2 aromatic rings. The van der Waals surface area contributed by atoms with Gasteiger partial charge < -0.3 is 30.1 Å². The third-order valence-corrected chi connectivity index (χ3v) is 5.11. The first-order valence-electron chi connectivity index (χ1n) is 9.85. The Bertz CT molecular complexity index is 801. The Morgan fingerprint density at radius 3 is 2.48 bits per heavy atom. The quantitative estimate of drug-likeness (QED) is 0.513. The summed E-state index contributed by atoms with van der Waals surface area (Å²) in [6.45, 7) is 2.54. The largest absolute Gasteiger partial charge is 0.502 e. The van der Waals surface area contributed by atoms with Crippen LogP contribution in [0.1, 0.15) is 18.4 Å². The molecule has 1 saturated heterocycles. The number of phenolic OH excluding ortho intramolecular Hbond substituents is 1. The molecule has 1 atom stereocenters. The first kappa shape index (κ1) is 20.6. The van der Waals surface area contributed by atoms with Crippen LogP contribution in [0, 0.1) is 0 Å². The topological polar surface area (TPSA) is 78.4 Å². The summed E-state index contributed by atoms with van der Waals surface area (Å²) in [7, 11) is 4.81. The lowest BCUT2D eigenvalue weighted by Gasteiger charge is -2.35. The number of guanidine groups is 1. The Labute approximate surface area is 172 Å². The molecule has 0 radical (unpaired) electrons. The minimum Gasteiger partial charge on any atom is -0.502 e. The average molecular weight is 399 g/mol. The van der Waals surface area contributed by atoms with E-state index in [0.29, 0.717) is 24.1 Å². The summed E-state index contributed by atoms with van der Waals surface area (Å²) >= 11 is 0. The van der Waals surface area contributed by atoms with Gasteiger partial charge >= 0.3 is 0 Å². The van der Waals surface area contributed by atoms with E-state index in [2.05, 4.69) is 44.8 Å². The minimum absolute atomic E-state index is 0.00414. The van der Waals surface area contributed by atoms with Gasteiger partial charge in [0.1, 0.15) is 0 Å². The van der Waals surface area contributed by atoms with Gasteiger partial charge in [-0.25, -0.2) is 0 Å². The molecule has 7 nitrogen and oxygen atoms in total. The lowest BCUT2D eigenvalue weighted by atomic mass is 10.0. The number of piperidine rings is 1. The lowest BCUT2D eigenvalue weighted by molar-refractivity contribution is 0.339. The maximum Gasteiger partial charge on any atom is 0.200 e. The minimum atomic E-state index is 0.00414. The van der Waals surface area contributed by atoms with Crippen molar-refractivity contribution in [2.45, 2.75) is 25.4 Å². The van der Waals surface area contributed by atoms with E-state index in [4.69, 9.17) is 9.47 Å². The molecule has 1 aliphatic heterocycles. The molecule has 0 spiro atoms. The van der Waals surface area contributed by atoms with E-state index < -0.39 is 0 Å². The van der Waals surface area contributed by atoms with E-state index in [1.807, 2.05) is 6.07 Å². The van der Waals surface area contributed by atoms with Crippen molar-refractivity contribution < 1.29 is 14.6 Å². The number of hydrogen-bond donors (Lipinski definition) is 3. The van der Waals surface area contributed by atoms with Gasteiger partial charge in [-0.3, -0.25) is 4.99 Å². The average Bonchev–Trinajstić information content (AvgIpc) is 2.78. The molecule has 7 heteroatoms. The van der Waals surface area contributed by atoms with Crippen molar-refractivity contribution in [1.29, 1.82) is 0 Å². The number of rotatable bonds is 6. The number of methoxy groups -OCH3 is 2. The fourth-order valence-electron chi connectivity index (χ4n) is 3.59. The summed E-state index contributed by atoms with van der Waals surface area (Å²) in [4.78, 5) is 6.77. The van der Waals surface area contributed by atoms with Crippen molar-refractivity contribution in [2.24, 2.45) is 4.99 Å². The second-order valence-corrected chi connectivity index (χ2v) is 7.04. The van der Waals surface area contributed by atoms with Crippen molar-refractivity contribution in [3.8, 4) is 17.2 Å². The van der Waals surface area contributed by atoms with Crippen LogP contribution in [0.4, 0.5) is 5.69 Å². The zero-order valence-corrected chi connectivity index (χ0v) is 17.3. The number of aromatic hydroxyl groups is 1. The number of ether oxygens (including phenoxy) is 2. The van der Waals surface area contributed by atoms with Crippen LogP contribution in [0.25, 0.3) is 0 Å². The monoisotopic (exact) mass is 398 g/mol. The molecule has 2 aromatic carbocycles. The van der Waals surface area contributed by atoms with E-state index in [9.17, 15) is 5.11 Å². The van der Waals surface area contributed by atoms with Gasteiger partial charge in [-0.15, -0.1) is 0 Å². The second kappa shape index (κ2) is 9.91. The molecule has 1 aliphatic rings. The van der Waals surface area contributed by atoms with Gasteiger partial charge in [0.05, 0.1) is 14.2 Å². The molecule has 0 aliphatic carbocycles. The number of phenols is 1. The molecule has 1 fully saturated rings. The Morgan fingerprint density at radius 2 is 1.86 bits per heavy atom. The SMILES string of the molecule is CN=C(NCc1cc(OC)c(O)c(OC)c1)NC1CCCN(c2ccccc2)C1. The predicted molar refractivity (Wildman–Crippen MR) is 116 cm³/mol. The molecule has 3 N–H and O–H groups in total. The maximum absolute atomic E-state index is 10.1. The molecule has 3 rings (SSSR count). The Balaban J connectivity index is 1.60. The summed E-state index contributed by atoms with van der Waals surface area (Å²) in [5.74, 6) is 1.52. The van der Waals surface area contributed by atoms with Crippen LogP contribution >= 0.6 is 0 Å². The summed E-state index contributed by atoms with van der Waals surface area (Å²) in [5.41, 5.74) is 2.18. The molecule has 0 aromatic heterocycles. The van der Waals surface area contributed by atoms with E-state index >= 15 is 0 Å². The predicted octanol–water partition coefficient (Wildman–Crippen LogP) is 2.74. The summed E-state index contributed by atoms with van der Waals surface area (Å²) in [6, 6.07) is 14.4. The van der Waals surface area contributed by atoms with Crippen LogP contribution in [0.5, 0.6) is 17.2 Å². The third-order valence-electron chi connectivity index (χ3n) is 5.11. The number of anilines is 1. The molecule has 1 unspecified atom stereocenters. The van der Waals surface area contributed by atoms with E-state index in [-0.39, 0.29) is 5.75 Å². The van der Waals surface area contributed by atoms with Crippen LogP contribution in [0.15, 0.2) is 47.5 Å². The zero-order valence-electron chi connectivity index (χ0n) is 17.3. The van der Waals surface area contributed by atoms with Crippen molar-refractivity contribution in [3.63, 3.8) is 0 Å². The van der Waals surface area contributed by atoms with E-state index in [1.165, 1.54) is 19.9 Å². The summed E-state index contributed by atoms with van der Waals surface area (Å²) in [5, 5.41) is 16.9. The van der Waals surface area contributed by atoms with Gasteiger partial charge in [-0.2, -0.15) is 0 Å². The molecule has 0 saturated carbocycles. The molecule has 156 valence electrons. The van der Waals surface area contributed by atoms with Crippen molar-refractivity contribution in [1.82, 2.24) is 10.6 Å². The van der Waals surface area contributed by atoms with Gasteiger partial charge in [-0.1, -0.05) is 18.2 Å². The Hall–Kier alpha value is -3.09. The number of hydrogen-bond acceptors (Lipinski definition) is 5. The number of para-hydroxylation sites is 1. The number of nitrogens with zero attached hydrogens (tertiary/aromatic N) is 2. The molecular weight excluding hydrogens is 368 g/mol. The first-order valence-corrected chi connectivity index (χ1v) is 9.85. The standard InChI is InChI=1S/C22H30N4O3/c1-23-22(24-14-16-12-19(28-2)21(27)20(13-16)29-3)25-17-8-7-11-26(15-17)18-9-5-4-6-10-18/h4-6,9-10,12-13,17,27H,7-8,11,14-15H2,1-3H3,(H2,23,24,25).